The summed E-state index contributed by atoms with van der Waals surface area (Å²) in [4.78, 5) is 24.0. The highest BCUT2D eigenvalue weighted by molar-refractivity contribution is 5.78. The smallest absolute Gasteiger partial charge is 0.273 e. The number of nitrogens with one attached hydrogen (secondary N) is 1. The molecule has 20 heavy (non-hydrogen) atoms. The van der Waals surface area contributed by atoms with E-state index in [4.69, 9.17) is 4.74 Å². The molecular weight excluding hydrogens is 262 g/mol. The zero-order valence-corrected chi connectivity index (χ0v) is 11.2. The SMILES string of the molecule is C[C@H]1CNCCN1C(=O)COc1cccc([N+](=O)[O-])c1. The van der Waals surface area contributed by atoms with Crippen LogP contribution in [0.25, 0.3) is 0 Å². The van der Waals surface area contributed by atoms with E-state index in [-0.39, 0.29) is 24.2 Å². The molecule has 1 saturated heterocycles. The van der Waals surface area contributed by atoms with Crippen LogP contribution in [0.1, 0.15) is 6.92 Å². The van der Waals surface area contributed by atoms with Crippen molar-refractivity contribution in [2.45, 2.75) is 13.0 Å². The summed E-state index contributed by atoms with van der Waals surface area (Å²) in [6.07, 6.45) is 0. The van der Waals surface area contributed by atoms with Crippen LogP contribution in [0, 0.1) is 10.1 Å². The van der Waals surface area contributed by atoms with Crippen molar-refractivity contribution in [1.82, 2.24) is 10.2 Å². The molecule has 0 unspecified atom stereocenters. The van der Waals surface area contributed by atoms with Crippen LogP contribution in [-0.2, 0) is 4.79 Å². The first-order valence-corrected chi connectivity index (χ1v) is 6.45. The summed E-state index contributed by atoms with van der Waals surface area (Å²) in [7, 11) is 0. The lowest BCUT2D eigenvalue weighted by Gasteiger charge is -2.33. The number of nitrogens with zero attached hydrogens (tertiary/aromatic N) is 2. The van der Waals surface area contributed by atoms with Crippen LogP contribution < -0.4 is 10.1 Å². The van der Waals surface area contributed by atoms with E-state index >= 15 is 0 Å². The van der Waals surface area contributed by atoms with Crippen LogP contribution in [-0.4, -0.2) is 48.0 Å². The minimum atomic E-state index is -0.493. The molecular formula is C13H17N3O4. The number of rotatable bonds is 4. The van der Waals surface area contributed by atoms with E-state index in [0.717, 1.165) is 13.1 Å². The second kappa shape index (κ2) is 6.33. The van der Waals surface area contributed by atoms with Crippen LogP contribution >= 0.6 is 0 Å². The van der Waals surface area contributed by atoms with Gasteiger partial charge in [0.15, 0.2) is 6.61 Å². The molecule has 7 nitrogen and oxygen atoms in total. The number of ether oxygens (including phenoxy) is 1. The Balaban J connectivity index is 1.92. The van der Waals surface area contributed by atoms with Crippen molar-refractivity contribution < 1.29 is 14.5 Å². The van der Waals surface area contributed by atoms with Crippen LogP contribution in [0.15, 0.2) is 24.3 Å². The van der Waals surface area contributed by atoms with Gasteiger partial charge in [0.2, 0.25) is 0 Å². The Bertz CT molecular complexity index is 506. The third kappa shape index (κ3) is 3.45. The molecule has 108 valence electrons. The van der Waals surface area contributed by atoms with Crippen LogP contribution in [0.5, 0.6) is 5.75 Å². The number of hydrogen-bond donors (Lipinski definition) is 1. The summed E-state index contributed by atoms with van der Waals surface area (Å²) in [6, 6.07) is 5.96. The predicted molar refractivity (Wildman–Crippen MR) is 72.6 cm³/mol. The van der Waals surface area contributed by atoms with Gasteiger partial charge in [-0.3, -0.25) is 14.9 Å². The minimum Gasteiger partial charge on any atom is -0.484 e. The Labute approximate surface area is 116 Å². The second-order valence-corrected chi connectivity index (χ2v) is 4.68. The van der Waals surface area contributed by atoms with Gasteiger partial charge in [-0.05, 0) is 13.0 Å². The van der Waals surface area contributed by atoms with E-state index < -0.39 is 4.92 Å². The molecule has 0 aliphatic carbocycles. The van der Waals surface area contributed by atoms with Crippen molar-refractivity contribution in [3.63, 3.8) is 0 Å². The fourth-order valence-corrected chi connectivity index (χ4v) is 2.13. The summed E-state index contributed by atoms with van der Waals surface area (Å²) >= 11 is 0. The number of nitro groups is 1. The standard InChI is InChI=1S/C13H17N3O4/c1-10-8-14-5-6-15(10)13(17)9-20-12-4-2-3-11(7-12)16(18)19/h2-4,7,10,14H,5-6,8-9H2,1H3/t10-/m0/s1. The lowest BCUT2D eigenvalue weighted by atomic mass is 10.2. The molecule has 0 saturated carbocycles. The molecule has 1 aromatic carbocycles. The van der Waals surface area contributed by atoms with E-state index in [0.29, 0.717) is 12.3 Å². The van der Waals surface area contributed by atoms with Gasteiger partial charge >= 0.3 is 0 Å². The average Bonchev–Trinajstić information content (AvgIpc) is 2.45. The molecule has 1 N–H and O–H groups in total. The fourth-order valence-electron chi connectivity index (χ4n) is 2.13. The minimum absolute atomic E-state index is 0.0505. The van der Waals surface area contributed by atoms with Gasteiger partial charge in [0.05, 0.1) is 11.0 Å². The molecule has 0 spiro atoms. The van der Waals surface area contributed by atoms with Gasteiger partial charge in [-0.25, -0.2) is 0 Å². The van der Waals surface area contributed by atoms with E-state index in [2.05, 4.69) is 5.32 Å². The maximum Gasteiger partial charge on any atom is 0.273 e. The highest BCUT2D eigenvalue weighted by Gasteiger charge is 2.23. The number of hydrogen-bond acceptors (Lipinski definition) is 5. The zero-order chi connectivity index (χ0) is 14.5. The van der Waals surface area contributed by atoms with Gasteiger partial charge in [-0.15, -0.1) is 0 Å². The molecule has 0 aromatic heterocycles. The fraction of sp³-hybridized carbons (Fsp3) is 0.462. The molecule has 1 aliphatic heterocycles. The zero-order valence-electron chi connectivity index (χ0n) is 11.2. The molecule has 1 aliphatic rings. The Kier molecular flexibility index (Phi) is 4.52. The van der Waals surface area contributed by atoms with Crippen molar-refractivity contribution in [2.24, 2.45) is 0 Å². The summed E-state index contributed by atoms with van der Waals surface area (Å²) < 4.78 is 5.34. The molecule has 2 rings (SSSR count). The highest BCUT2D eigenvalue weighted by atomic mass is 16.6. The van der Waals surface area contributed by atoms with Gasteiger partial charge in [-0.1, -0.05) is 6.07 Å². The Hall–Kier alpha value is -2.15. The van der Waals surface area contributed by atoms with Gasteiger partial charge in [0.25, 0.3) is 11.6 Å². The third-order valence-corrected chi connectivity index (χ3v) is 3.21. The first-order valence-electron chi connectivity index (χ1n) is 6.45. The topological polar surface area (TPSA) is 84.7 Å². The van der Waals surface area contributed by atoms with Crippen molar-refractivity contribution in [2.75, 3.05) is 26.2 Å². The van der Waals surface area contributed by atoms with Gasteiger partial charge in [-0.2, -0.15) is 0 Å². The van der Waals surface area contributed by atoms with E-state index in [1.807, 2.05) is 6.92 Å². The number of benzene rings is 1. The second-order valence-electron chi connectivity index (χ2n) is 4.68. The lowest BCUT2D eigenvalue weighted by molar-refractivity contribution is -0.384. The Morgan fingerprint density at radius 3 is 3.10 bits per heavy atom. The molecule has 7 heteroatoms. The van der Waals surface area contributed by atoms with E-state index in [9.17, 15) is 14.9 Å². The predicted octanol–water partition coefficient (Wildman–Crippen LogP) is 0.794. The Morgan fingerprint density at radius 2 is 2.40 bits per heavy atom. The van der Waals surface area contributed by atoms with Crippen molar-refractivity contribution in [3.8, 4) is 5.75 Å². The molecule has 0 bridgehead atoms. The molecule has 1 fully saturated rings. The average molecular weight is 279 g/mol. The normalized spacial score (nSPS) is 18.6. The van der Waals surface area contributed by atoms with Gasteiger partial charge in [0.1, 0.15) is 5.75 Å². The highest BCUT2D eigenvalue weighted by Crippen LogP contribution is 2.19. The van der Waals surface area contributed by atoms with Crippen molar-refractivity contribution in [3.05, 3.63) is 34.4 Å². The third-order valence-electron chi connectivity index (χ3n) is 3.21. The monoisotopic (exact) mass is 279 g/mol. The maximum absolute atomic E-state index is 12.0. The largest absolute Gasteiger partial charge is 0.484 e. The van der Waals surface area contributed by atoms with E-state index in [1.165, 1.54) is 18.2 Å². The molecule has 1 heterocycles. The van der Waals surface area contributed by atoms with E-state index in [1.54, 1.807) is 11.0 Å². The number of carbonyl (C=O) groups is 1. The summed E-state index contributed by atoms with van der Waals surface area (Å²) in [5.74, 6) is 0.223. The van der Waals surface area contributed by atoms with Gasteiger partial charge < -0.3 is 15.0 Å². The lowest BCUT2D eigenvalue weighted by Crippen LogP contribution is -2.53. The Morgan fingerprint density at radius 1 is 1.60 bits per heavy atom. The number of amides is 1. The maximum atomic E-state index is 12.0. The van der Waals surface area contributed by atoms with Gasteiger partial charge in [0, 0.05) is 31.7 Å². The van der Waals surface area contributed by atoms with Crippen molar-refractivity contribution in [1.29, 1.82) is 0 Å². The van der Waals surface area contributed by atoms with Crippen LogP contribution in [0.3, 0.4) is 0 Å². The summed E-state index contributed by atoms with van der Waals surface area (Å²) in [6.45, 7) is 4.05. The van der Waals surface area contributed by atoms with Crippen molar-refractivity contribution >= 4 is 11.6 Å². The molecule has 1 aromatic rings. The van der Waals surface area contributed by atoms with Crippen LogP contribution in [0.4, 0.5) is 5.69 Å². The first-order chi connectivity index (χ1) is 9.58. The number of piperazine rings is 1. The number of nitro benzene ring substituents is 1. The number of carbonyl (C=O) groups excluding carboxylic acids is 1. The van der Waals surface area contributed by atoms with Crippen LogP contribution in [0.2, 0.25) is 0 Å². The summed E-state index contributed by atoms with van der Waals surface area (Å²) in [5.41, 5.74) is -0.0505. The first kappa shape index (κ1) is 14.3. The molecule has 0 radical (unpaired) electrons. The summed E-state index contributed by atoms with van der Waals surface area (Å²) in [5, 5.41) is 13.9. The molecule has 1 amide bonds. The molecule has 1 atom stereocenters. The number of non-ortho nitro benzene ring substituents is 1. The quantitative estimate of drug-likeness (QED) is 0.650.